The molecule has 6 heteroatoms. The molecular weight excluding hydrogens is 108 g/mol. The highest BCUT2D eigenvalue weighted by Gasteiger charge is 1.80. The molecule has 0 fully saturated rings. The molecule has 0 aliphatic carbocycles. The molecule has 0 spiro atoms. The standard InChI is InChI=1S/H4O5Si/c1-3-5-6-4-2/h1-2H,6H2. The summed E-state index contributed by atoms with van der Waals surface area (Å²) in [5, 5.41) is 17.8. The van der Waals surface area contributed by atoms with Crippen molar-refractivity contribution in [3.63, 3.8) is 0 Å². The van der Waals surface area contributed by atoms with Crippen molar-refractivity contribution in [2.45, 2.75) is 0 Å². The van der Waals surface area contributed by atoms with Crippen molar-refractivity contribution in [1.82, 2.24) is 0 Å². The Labute approximate surface area is 35.9 Å². The minimum atomic E-state index is -1.49. The van der Waals surface area contributed by atoms with Crippen LogP contribution in [0.5, 0.6) is 0 Å². The summed E-state index contributed by atoms with van der Waals surface area (Å²) in [4.78, 5) is 0. The maximum absolute atomic E-state index is 7.44. The lowest BCUT2D eigenvalue weighted by molar-refractivity contribution is -0.450. The summed E-state index contributed by atoms with van der Waals surface area (Å²) >= 11 is 0. The van der Waals surface area contributed by atoms with Crippen LogP contribution in [0, 0.1) is 0 Å². The molecule has 0 amide bonds. The Balaban J connectivity index is 2.34. The van der Waals surface area contributed by atoms with Gasteiger partial charge in [0.1, 0.15) is 0 Å². The molecule has 0 radical (unpaired) electrons. The van der Waals surface area contributed by atoms with Crippen molar-refractivity contribution in [2.24, 2.45) is 0 Å². The predicted molar refractivity (Wildman–Crippen MR) is 17.1 cm³/mol. The first kappa shape index (κ1) is 6.02. The van der Waals surface area contributed by atoms with Gasteiger partial charge in [-0.1, -0.05) is 5.04 Å². The van der Waals surface area contributed by atoms with E-state index in [2.05, 4.69) is 14.2 Å². The Morgan fingerprint density at radius 3 is 2.17 bits per heavy atom. The molecule has 2 N–H and O–H groups in total. The monoisotopic (exact) mass is 112 g/mol. The molecule has 0 atom stereocenters. The van der Waals surface area contributed by atoms with Gasteiger partial charge in [-0.3, -0.25) is 9.83 Å². The molecule has 0 aromatic heterocycles. The van der Waals surface area contributed by atoms with E-state index in [1.54, 1.807) is 0 Å². The van der Waals surface area contributed by atoms with Gasteiger partial charge in [-0.15, -0.1) is 0 Å². The van der Waals surface area contributed by atoms with Crippen molar-refractivity contribution in [3.05, 3.63) is 0 Å². The lowest BCUT2D eigenvalue weighted by atomic mass is 14.6. The summed E-state index contributed by atoms with van der Waals surface area (Å²) in [5.41, 5.74) is 0. The molecule has 0 aromatic rings. The van der Waals surface area contributed by atoms with Crippen molar-refractivity contribution in [1.29, 1.82) is 0 Å². The zero-order chi connectivity index (χ0) is 4.83. The Kier molecular flexibility index (Phi) is 5.03. The summed E-state index contributed by atoms with van der Waals surface area (Å²) in [7, 11) is -1.49. The Morgan fingerprint density at radius 1 is 1.33 bits per heavy atom. The Hall–Kier alpha value is 0.0169. The fourth-order valence-corrected chi connectivity index (χ4v) is 0.129. The average molecular weight is 112 g/mol. The molecule has 6 heavy (non-hydrogen) atoms. The van der Waals surface area contributed by atoms with Gasteiger partial charge in [0.15, 0.2) is 0 Å². The lowest BCUT2D eigenvalue weighted by Crippen LogP contribution is -1.99. The van der Waals surface area contributed by atoms with Crippen LogP contribution in [0.4, 0.5) is 0 Å². The fraction of sp³-hybridized carbons (Fsp3) is 0. The van der Waals surface area contributed by atoms with Crippen molar-refractivity contribution < 1.29 is 24.7 Å². The predicted octanol–water partition coefficient (Wildman–Crippen LogP) is -1.10. The van der Waals surface area contributed by atoms with Gasteiger partial charge in [-0.25, -0.2) is 9.83 Å². The first-order chi connectivity index (χ1) is 2.91. The highest BCUT2D eigenvalue weighted by molar-refractivity contribution is 6.16. The first-order valence-corrected chi connectivity index (χ1v) is 2.26. The maximum atomic E-state index is 7.44. The molecule has 0 saturated heterocycles. The van der Waals surface area contributed by atoms with Crippen LogP contribution in [0.15, 0.2) is 0 Å². The van der Waals surface area contributed by atoms with Gasteiger partial charge in [0.2, 0.25) is 0 Å². The number of hydrogen-bond donors (Lipinski definition) is 2. The van der Waals surface area contributed by atoms with Gasteiger partial charge in [-0.2, -0.15) is 0 Å². The Bertz CT molecular complexity index is 15.9. The summed E-state index contributed by atoms with van der Waals surface area (Å²) in [5.74, 6) is 0. The van der Waals surface area contributed by atoms with E-state index in [0.29, 0.717) is 0 Å². The fourth-order valence-electron chi connectivity index (χ4n) is 0.0430. The van der Waals surface area contributed by atoms with E-state index in [1.807, 2.05) is 0 Å². The Morgan fingerprint density at radius 2 is 2.00 bits per heavy atom. The molecule has 5 nitrogen and oxygen atoms in total. The van der Waals surface area contributed by atoms with E-state index in [0.717, 1.165) is 0 Å². The van der Waals surface area contributed by atoms with Crippen molar-refractivity contribution in [2.75, 3.05) is 0 Å². The number of rotatable bonds is 3. The van der Waals surface area contributed by atoms with Crippen LogP contribution in [-0.2, 0) is 14.2 Å². The molecule has 0 saturated carbocycles. The third kappa shape index (κ3) is 4.02. The molecular formula is H4O5Si. The van der Waals surface area contributed by atoms with E-state index < -0.39 is 10.0 Å². The lowest BCUT2D eigenvalue weighted by Gasteiger charge is -1.87. The van der Waals surface area contributed by atoms with E-state index in [-0.39, 0.29) is 0 Å². The van der Waals surface area contributed by atoms with Crippen LogP contribution in [0.25, 0.3) is 0 Å². The van der Waals surface area contributed by atoms with Crippen LogP contribution in [0.1, 0.15) is 0 Å². The molecule has 0 heterocycles. The molecule has 38 valence electrons. The highest BCUT2D eigenvalue weighted by atomic mass is 28.3. The molecule has 0 aliphatic rings. The zero-order valence-electron chi connectivity index (χ0n) is 2.83. The van der Waals surface area contributed by atoms with Crippen molar-refractivity contribution in [3.8, 4) is 0 Å². The quantitative estimate of drug-likeness (QED) is 0.210. The third-order valence-electron chi connectivity index (χ3n) is 0.154. The summed E-state index contributed by atoms with van der Waals surface area (Å²) in [6.07, 6.45) is 0. The molecule has 0 aromatic carbocycles. The zero-order valence-corrected chi connectivity index (χ0v) is 4.24. The average Bonchev–Trinajstić information content (AvgIpc) is 1.61. The normalized spacial score (nSPS) is 11.0. The molecule has 0 bridgehead atoms. The topological polar surface area (TPSA) is 68.2 Å². The van der Waals surface area contributed by atoms with Crippen LogP contribution in [0.3, 0.4) is 0 Å². The third-order valence-corrected chi connectivity index (χ3v) is 0.461. The smallest absolute Gasteiger partial charge is 0.261 e. The first-order valence-electron chi connectivity index (χ1n) is 1.11. The van der Waals surface area contributed by atoms with Gasteiger partial charge in [0, 0.05) is 0 Å². The van der Waals surface area contributed by atoms with E-state index >= 15 is 0 Å². The van der Waals surface area contributed by atoms with Gasteiger partial charge in [0.25, 0.3) is 0 Å². The van der Waals surface area contributed by atoms with Gasteiger partial charge in [0.05, 0.1) is 0 Å². The van der Waals surface area contributed by atoms with Crippen LogP contribution in [-0.4, -0.2) is 20.5 Å². The largest absolute Gasteiger partial charge is 0.386 e. The van der Waals surface area contributed by atoms with E-state index in [1.165, 1.54) is 0 Å². The summed E-state index contributed by atoms with van der Waals surface area (Å²) in [6.45, 7) is 0. The maximum Gasteiger partial charge on any atom is 0.386 e. The van der Waals surface area contributed by atoms with Crippen molar-refractivity contribution >= 4 is 10.0 Å². The minimum absolute atomic E-state index is 1.49. The van der Waals surface area contributed by atoms with Gasteiger partial charge < -0.3 is 0 Å². The molecule has 0 unspecified atom stereocenters. The van der Waals surface area contributed by atoms with Crippen LogP contribution >= 0.6 is 0 Å². The second-order valence-electron chi connectivity index (χ2n) is 0.439. The summed E-state index contributed by atoms with van der Waals surface area (Å²) in [6, 6.07) is 0. The second-order valence-corrected chi connectivity index (χ2v) is 1.17. The van der Waals surface area contributed by atoms with Gasteiger partial charge >= 0.3 is 10.0 Å². The SMILES string of the molecule is OOO[SiH2]OO. The van der Waals surface area contributed by atoms with Gasteiger partial charge in [-0.05, 0) is 0 Å². The minimum Gasteiger partial charge on any atom is -0.261 e. The second kappa shape index (κ2) is 5.02. The van der Waals surface area contributed by atoms with Crippen LogP contribution < -0.4 is 0 Å². The van der Waals surface area contributed by atoms with E-state index in [9.17, 15) is 0 Å². The highest BCUT2D eigenvalue weighted by Crippen LogP contribution is 1.64. The molecule has 0 aliphatic heterocycles. The summed E-state index contributed by atoms with van der Waals surface area (Å²) < 4.78 is 7.12. The molecule has 0 rings (SSSR count). The van der Waals surface area contributed by atoms with Crippen LogP contribution in [0.2, 0.25) is 0 Å². The van der Waals surface area contributed by atoms with E-state index in [4.69, 9.17) is 10.5 Å². The number of hydrogen-bond acceptors (Lipinski definition) is 5.